The van der Waals surface area contributed by atoms with Gasteiger partial charge in [0.05, 0.1) is 25.4 Å². The quantitative estimate of drug-likeness (QED) is 0.0330. The van der Waals surface area contributed by atoms with Crippen LogP contribution < -0.4 is 5.32 Å². The molecule has 1 amide bonds. The highest BCUT2D eigenvalue weighted by Crippen LogP contribution is 2.24. The molecule has 6 N–H and O–H groups in total. The minimum Gasteiger partial charge on any atom is -0.394 e. The molecule has 0 aliphatic carbocycles. The predicted molar refractivity (Wildman–Crippen MR) is 346 cm³/mol. The van der Waals surface area contributed by atoms with Crippen molar-refractivity contribution in [1.29, 1.82) is 0 Å². The Morgan fingerprint density at radius 3 is 0.877 bits per heavy atom. The van der Waals surface area contributed by atoms with Crippen molar-refractivity contribution < 1.29 is 39.8 Å². The van der Waals surface area contributed by atoms with Gasteiger partial charge in [-0.1, -0.05) is 380 Å². The van der Waals surface area contributed by atoms with E-state index in [1.54, 1.807) is 0 Å². The molecule has 1 saturated heterocycles. The van der Waals surface area contributed by atoms with Crippen molar-refractivity contribution in [2.45, 2.75) is 442 Å². The fraction of sp³-hybridized carbons (Fsp3) is 0.986. The number of aliphatic hydroxyl groups is 5. The van der Waals surface area contributed by atoms with Crippen LogP contribution in [0.4, 0.5) is 0 Å². The zero-order valence-electron chi connectivity index (χ0n) is 54.3. The summed E-state index contributed by atoms with van der Waals surface area (Å²) in [6, 6.07) is -0.715. The number of hydrogen-bond acceptors (Lipinski definition) is 8. The summed E-state index contributed by atoms with van der Waals surface area (Å²) in [5.74, 6) is -0.133. The van der Waals surface area contributed by atoms with Gasteiger partial charge in [0.1, 0.15) is 24.4 Å². The second-order valence-electron chi connectivity index (χ2n) is 26.1. The first-order chi connectivity index (χ1) is 39.8. The molecular formula is C72H143NO8. The van der Waals surface area contributed by atoms with Gasteiger partial charge in [-0.05, 0) is 12.8 Å². The summed E-state index contributed by atoms with van der Waals surface area (Å²) in [4.78, 5) is 13.2. The Hall–Kier alpha value is -0.810. The molecule has 0 spiro atoms. The first kappa shape index (κ1) is 78.2. The highest BCUT2D eigenvalue weighted by atomic mass is 16.7. The molecule has 0 aromatic rings. The maximum atomic E-state index is 13.2. The Balaban J connectivity index is 2.05. The predicted octanol–water partition coefficient (Wildman–Crippen LogP) is 20.1. The third-order valence-corrected chi connectivity index (χ3v) is 18.2. The topological polar surface area (TPSA) is 149 Å². The fourth-order valence-electron chi connectivity index (χ4n) is 12.5. The fourth-order valence-corrected chi connectivity index (χ4v) is 12.5. The lowest BCUT2D eigenvalue weighted by Gasteiger charge is -2.40. The van der Waals surface area contributed by atoms with Crippen LogP contribution >= 0.6 is 0 Å². The number of carbonyl (C=O) groups is 1. The molecule has 9 heteroatoms. The molecule has 1 fully saturated rings. The van der Waals surface area contributed by atoms with E-state index in [1.165, 1.54) is 334 Å². The summed E-state index contributed by atoms with van der Waals surface area (Å²) in [7, 11) is 0. The normalized spacial score (nSPS) is 18.2. The third kappa shape index (κ3) is 51.0. The molecular weight excluding hydrogens is 1010 g/mol. The van der Waals surface area contributed by atoms with Crippen molar-refractivity contribution in [3.05, 3.63) is 0 Å². The number of nitrogens with one attached hydrogen (secondary N) is 1. The summed E-state index contributed by atoms with van der Waals surface area (Å²) in [5.41, 5.74) is 0. The maximum Gasteiger partial charge on any atom is 0.220 e. The molecule has 81 heavy (non-hydrogen) atoms. The van der Waals surface area contributed by atoms with Gasteiger partial charge in [-0.15, -0.1) is 0 Å². The van der Waals surface area contributed by atoms with E-state index < -0.39 is 49.5 Å². The molecule has 7 atom stereocenters. The van der Waals surface area contributed by atoms with Crippen LogP contribution in [-0.2, 0) is 14.3 Å². The number of aliphatic hydroxyl groups excluding tert-OH is 5. The first-order valence-electron chi connectivity index (χ1n) is 36.7. The van der Waals surface area contributed by atoms with Crippen LogP contribution in [0.3, 0.4) is 0 Å². The highest BCUT2D eigenvalue weighted by molar-refractivity contribution is 5.76. The first-order valence-corrected chi connectivity index (χ1v) is 36.7. The SMILES string of the molecule is CCCCCCCCCCCCCCCCCCCCCCCCCCCCCCCCCCCCCC(=O)NC(COC1OC(CO)C(O)C(O)C1O)C(O)CCCCCCCCCCCCCCCCCCCCCCCCC. The van der Waals surface area contributed by atoms with Gasteiger partial charge in [0.15, 0.2) is 6.29 Å². The van der Waals surface area contributed by atoms with Crippen molar-refractivity contribution in [1.82, 2.24) is 5.32 Å². The smallest absolute Gasteiger partial charge is 0.220 e. The van der Waals surface area contributed by atoms with E-state index in [0.717, 1.165) is 38.5 Å². The van der Waals surface area contributed by atoms with Crippen LogP contribution in [0.2, 0.25) is 0 Å². The average molecular weight is 1150 g/mol. The number of carbonyl (C=O) groups excluding carboxylic acids is 1. The van der Waals surface area contributed by atoms with E-state index >= 15 is 0 Å². The number of ether oxygens (including phenoxy) is 2. The van der Waals surface area contributed by atoms with E-state index in [4.69, 9.17) is 9.47 Å². The van der Waals surface area contributed by atoms with Crippen LogP contribution in [0.25, 0.3) is 0 Å². The van der Waals surface area contributed by atoms with Gasteiger partial charge in [0.2, 0.25) is 5.91 Å². The van der Waals surface area contributed by atoms with Gasteiger partial charge < -0.3 is 40.3 Å². The largest absolute Gasteiger partial charge is 0.394 e. The van der Waals surface area contributed by atoms with Gasteiger partial charge >= 0.3 is 0 Å². The number of rotatable bonds is 66. The van der Waals surface area contributed by atoms with Crippen LogP contribution in [0.1, 0.15) is 399 Å². The van der Waals surface area contributed by atoms with Crippen molar-refractivity contribution in [3.63, 3.8) is 0 Å². The Kier molecular flexibility index (Phi) is 60.1. The van der Waals surface area contributed by atoms with Crippen molar-refractivity contribution >= 4 is 5.91 Å². The second-order valence-corrected chi connectivity index (χ2v) is 26.1. The molecule has 9 nitrogen and oxygen atoms in total. The van der Waals surface area contributed by atoms with Crippen LogP contribution in [0.5, 0.6) is 0 Å². The lowest BCUT2D eigenvalue weighted by Crippen LogP contribution is -2.60. The number of amides is 1. The van der Waals surface area contributed by atoms with Crippen LogP contribution in [0.15, 0.2) is 0 Å². The second kappa shape index (κ2) is 62.2. The molecule has 1 aliphatic heterocycles. The summed E-state index contributed by atoms with van der Waals surface area (Å²) >= 11 is 0. The highest BCUT2D eigenvalue weighted by Gasteiger charge is 2.44. The van der Waals surface area contributed by atoms with Gasteiger partial charge in [-0.2, -0.15) is 0 Å². The average Bonchev–Trinajstić information content (AvgIpc) is 3.48. The molecule has 0 aromatic heterocycles. The minimum absolute atomic E-state index is 0.130. The molecule has 1 heterocycles. The Morgan fingerprint density at radius 2 is 0.617 bits per heavy atom. The molecule has 1 aliphatic rings. The summed E-state index contributed by atoms with van der Waals surface area (Å²) < 4.78 is 11.4. The molecule has 0 aromatic carbocycles. The van der Waals surface area contributed by atoms with Crippen molar-refractivity contribution in [3.8, 4) is 0 Å². The summed E-state index contributed by atoms with van der Waals surface area (Å²) in [6.07, 6.45) is 71.9. The molecule has 0 bridgehead atoms. The summed E-state index contributed by atoms with van der Waals surface area (Å²) in [6.45, 7) is 3.91. The monoisotopic (exact) mass is 1150 g/mol. The van der Waals surface area contributed by atoms with Gasteiger partial charge in [-0.3, -0.25) is 4.79 Å². The van der Waals surface area contributed by atoms with E-state index in [1.807, 2.05) is 0 Å². The maximum absolute atomic E-state index is 13.2. The zero-order chi connectivity index (χ0) is 58.6. The third-order valence-electron chi connectivity index (χ3n) is 18.2. The standard InChI is InChI=1S/C72H143NO8/c1-3-5-7-9-11-13-15-17-19-21-23-25-27-28-29-30-31-32-33-34-35-36-37-38-40-42-44-46-48-50-52-54-56-58-60-62-68(76)73-65(64-80-72-71(79)70(78)69(77)67(63-74)81-72)66(75)61-59-57-55-53-51-49-47-45-43-41-39-26-24-22-20-18-16-14-12-10-8-6-4-2/h65-67,69-72,74-75,77-79H,3-64H2,1-2H3,(H,73,76). The van der Waals surface area contributed by atoms with E-state index in [0.29, 0.717) is 12.8 Å². The van der Waals surface area contributed by atoms with Crippen LogP contribution in [-0.4, -0.2) is 87.5 Å². The number of hydrogen-bond donors (Lipinski definition) is 6. The lowest BCUT2D eigenvalue weighted by atomic mass is 9.99. The zero-order valence-corrected chi connectivity index (χ0v) is 54.3. The Labute approximate surface area is 504 Å². The minimum atomic E-state index is -1.55. The molecule has 1 rings (SSSR count). The van der Waals surface area contributed by atoms with Gasteiger partial charge in [0, 0.05) is 6.42 Å². The van der Waals surface area contributed by atoms with Gasteiger partial charge in [-0.25, -0.2) is 0 Å². The van der Waals surface area contributed by atoms with Crippen molar-refractivity contribution in [2.24, 2.45) is 0 Å². The van der Waals surface area contributed by atoms with E-state index in [9.17, 15) is 30.3 Å². The van der Waals surface area contributed by atoms with E-state index in [-0.39, 0.29) is 12.5 Å². The Morgan fingerprint density at radius 1 is 0.370 bits per heavy atom. The Bertz CT molecular complexity index is 1240. The molecule has 484 valence electrons. The molecule has 7 unspecified atom stereocenters. The number of unbranched alkanes of at least 4 members (excludes halogenated alkanes) is 56. The lowest BCUT2D eigenvalue weighted by molar-refractivity contribution is -0.302. The van der Waals surface area contributed by atoms with Crippen LogP contribution in [0, 0.1) is 0 Å². The van der Waals surface area contributed by atoms with Gasteiger partial charge in [0.25, 0.3) is 0 Å². The molecule has 0 radical (unpaired) electrons. The van der Waals surface area contributed by atoms with E-state index in [2.05, 4.69) is 19.2 Å². The molecule has 0 saturated carbocycles. The summed E-state index contributed by atoms with van der Waals surface area (Å²) in [5, 5.41) is 55.0. The van der Waals surface area contributed by atoms with Crippen molar-refractivity contribution in [2.75, 3.05) is 13.2 Å².